The van der Waals surface area contributed by atoms with Crippen molar-refractivity contribution in [3.8, 4) is 0 Å². The van der Waals surface area contributed by atoms with Crippen molar-refractivity contribution in [1.29, 1.82) is 0 Å². The highest BCUT2D eigenvalue weighted by molar-refractivity contribution is 6.30. The fraction of sp³-hybridized carbons (Fsp3) is 0.435. The van der Waals surface area contributed by atoms with Crippen molar-refractivity contribution in [2.24, 2.45) is 17.6 Å². The number of anilines is 1. The molecule has 0 saturated heterocycles. The molecule has 1 unspecified atom stereocenters. The van der Waals surface area contributed by atoms with E-state index in [2.05, 4.69) is 55.1 Å². The average Bonchev–Trinajstić information content (AvgIpc) is 2.64. The number of carbonyl (C=O) groups excluding carboxylic acids is 1. The Kier molecular flexibility index (Phi) is 8.18. The van der Waals surface area contributed by atoms with Gasteiger partial charge < -0.3 is 10.6 Å². The van der Waals surface area contributed by atoms with Gasteiger partial charge in [0.25, 0.3) is 0 Å². The highest BCUT2D eigenvalue weighted by atomic mass is 35.5. The van der Waals surface area contributed by atoms with E-state index >= 15 is 0 Å². The predicted molar refractivity (Wildman–Crippen MR) is 115 cm³/mol. The molecule has 0 fully saturated rings. The minimum Gasteiger partial charge on any atom is -0.371 e. The second kappa shape index (κ2) is 10.4. The van der Waals surface area contributed by atoms with Gasteiger partial charge in [0.2, 0.25) is 5.91 Å². The number of halogens is 1. The Morgan fingerprint density at radius 1 is 0.963 bits per heavy atom. The maximum absolute atomic E-state index is 11.3. The number of amides is 1. The summed E-state index contributed by atoms with van der Waals surface area (Å²) in [5.74, 6) is 0.230. The molecule has 0 spiro atoms. The molecule has 0 aromatic heterocycles. The van der Waals surface area contributed by atoms with E-state index in [0.717, 1.165) is 37.4 Å². The van der Waals surface area contributed by atoms with Gasteiger partial charge in [-0.05, 0) is 60.6 Å². The number of nitrogens with two attached hydrogens (primary N) is 1. The lowest BCUT2D eigenvalue weighted by Crippen LogP contribution is -2.32. The summed E-state index contributed by atoms with van der Waals surface area (Å²) in [6, 6.07) is 16.8. The van der Waals surface area contributed by atoms with E-state index in [1.165, 1.54) is 16.8 Å². The summed E-state index contributed by atoms with van der Waals surface area (Å²) >= 11 is 5.94. The highest BCUT2D eigenvalue weighted by Crippen LogP contribution is 2.20. The first-order chi connectivity index (χ1) is 12.8. The van der Waals surface area contributed by atoms with Gasteiger partial charge in [0.1, 0.15) is 0 Å². The maximum Gasteiger partial charge on any atom is 0.220 e. The molecular weight excluding hydrogens is 356 g/mol. The van der Waals surface area contributed by atoms with Crippen LogP contribution in [0.5, 0.6) is 0 Å². The molecule has 1 atom stereocenters. The zero-order valence-corrected chi connectivity index (χ0v) is 17.4. The van der Waals surface area contributed by atoms with Crippen LogP contribution in [0.25, 0.3) is 0 Å². The zero-order chi connectivity index (χ0) is 19.8. The van der Waals surface area contributed by atoms with E-state index in [1.54, 1.807) is 0 Å². The van der Waals surface area contributed by atoms with E-state index in [1.807, 2.05) is 19.1 Å². The van der Waals surface area contributed by atoms with Gasteiger partial charge in [0, 0.05) is 29.7 Å². The molecule has 146 valence electrons. The summed E-state index contributed by atoms with van der Waals surface area (Å²) in [5.41, 5.74) is 9.23. The van der Waals surface area contributed by atoms with Crippen LogP contribution in [0.2, 0.25) is 5.02 Å². The van der Waals surface area contributed by atoms with Crippen molar-refractivity contribution in [1.82, 2.24) is 0 Å². The average molecular weight is 387 g/mol. The maximum atomic E-state index is 11.3. The van der Waals surface area contributed by atoms with E-state index < -0.39 is 0 Å². The summed E-state index contributed by atoms with van der Waals surface area (Å²) in [5, 5.41) is 0.777. The van der Waals surface area contributed by atoms with Gasteiger partial charge in [0.05, 0.1) is 0 Å². The van der Waals surface area contributed by atoms with Gasteiger partial charge >= 0.3 is 0 Å². The Hall–Kier alpha value is -2.00. The molecule has 2 rings (SSSR count). The number of rotatable bonds is 10. The smallest absolute Gasteiger partial charge is 0.220 e. The molecule has 0 aliphatic heterocycles. The molecule has 0 saturated carbocycles. The van der Waals surface area contributed by atoms with E-state index in [4.69, 9.17) is 17.3 Å². The molecule has 3 nitrogen and oxygen atoms in total. The van der Waals surface area contributed by atoms with Gasteiger partial charge in [-0.15, -0.1) is 0 Å². The van der Waals surface area contributed by atoms with Crippen molar-refractivity contribution >= 4 is 23.2 Å². The Bertz CT molecular complexity index is 710. The normalized spacial score (nSPS) is 12.2. The molecule has 0 aliphatic rings. The summed E-state index contributed by atoms with van der Waals surface area (Å²) in [4.78, 5) is 13.7. The zero-order valence-electron chi connectivity index (χ0n) is 16.6. The minimum absolute atomic E-state index is 0.0988. The van der Waals surface area contributed by atoms with Gasteiger partial charge in [-0.25, -0.2) is 0 Å². The molecule has 2 N–H and O–H groups in total. The van der Waals surface area contributed by atoms with Crippen molar-refractivity contribution in [2.75, 3.05) is 18.0 Å². The van der Waals surface area contributed by atoms with Crippen molar-refractivity contribution in [2.45, 2.75) is 40.0 Å². The molecule has 0 bridgehead atoms. The molecule has 2 aromatic carbocycles. The van der Waals surface area contributed by atoms with Crippen LogP contribution < -0.4 is 10.6 Å². The predicted octanol–water partition coefficient (Wildman–Crippen LogP) is 5.10. The quantitative estimate of drug-likeness (QED) is 0.617. The van der Waals surface area contributed by atoms with Crippen LogP contribution >= 0.6 is 11.6 Å². The standard InChI is InChI=1S/C23H31ClN2O/c1-17(2)16-26(15-14-18(3)23(25)27)22-12-8-20(9-13-22)5-4-19-6-10-21(24)11-7-19/h6-13,17-18H,4-5,14-16H2,1-3H3,(H2,25,27). The summed E-state index contributed by atoms with van der Waals surface area (Å²) in [6.07, 6.45) is 2.79. The molecule has 0 aliphatic carbocycles. The Labute approximate surface area is 168 Å². The Balaban J connectivity index is 1.98. The third kappa shape index (κ3) is 7.26. The number of primary amides is 1. The number of hydrogen-bond donors (Lipinski definition) is 1. The first kappa shape index (κ1) is 21.3. The monoisotopic (exact) mass is 386 g/mol. The first-order valence-electron chi connectivity index (χ1n) is 9.72. The van der Waals surface area contributed by atoms with Crippen LogP contribution in [-0.4, -0.2) is 19.0 Å². The van der Waals surface area contributed by atoms with Crippen LogP contribution in [0.4, 0.5) is 5.69 Å². The molecule has 0 heterocycles. The number of nitrogens with zero attached hydrogens (tertiary/aromatic N) is 1. The van der Waals surface area contributed by atoms with Crippen LogP contribution in [0.1, 0.15) is 38.3 Å². The van der Waals surface area contributed by atoms with Crippen LogP contribution in [0.3, 0.4) is 0 Å². The molecule has 2 aromatic rings. The van der Waals surface area contributed by atoms with E-state index in [9.17, 15) is 4.79 Å². The van der Waals surface area contributed by atoms with Gasteiger partial charge in [0.15, 0.2) is 0 Å². The summed E-state index contributed by atoms with van der Waals surface area (Å²) in [6.45, 7) is 8.13. The summed E-state index contributed by atoms with van der Waals surface area (Å²) < 4.78 is 0. The first-order valence-corrected chi connectivity index (χ1v) is 10.1. The molecule has 1 amide bonds. The largest absolute Gasteiger partial charge is 0.371 e. The van der Waals surface area contributed by atoms with Crippen molar-refractivity contribution < 1.29 is 4.79 Å². The molecule has 0 radical (unpaired) electrons. The molecule has 4 heteroatoms. The molecular formula is C23H31ClN2O. The van der Waals surface area contributed by atoms with Gasteiger partial charge in [-0.2, -0.15) is 0 Å². The van der Waals surface area contributed by atoms with Crippen LogP contribution in [0, 0.1) is 11.8 Å². The van der Waals surface area contributed by atoms with Gasteiger partial charge in [-0.3, -0.25) is 4.79 Å². The number of benzene rings is 2. The molecule has 27 heavy (non-hydrogen) atoms. The van der Waals surface area contributed by atoms with Crippen LogP contribution in [0.15, 0.2) is 48.5 Å². The second-order valence-corrected chi connectivity index (χ2v) is 8.16. The van der Waals surface area contributed by atoms with E-state index in [0.29, 0.717) is 5.92 Å². The van der Waals surface area contributed by atoms with Crippen molar-refractivity contribution in [3.05, 3.63) is 64.7 Å². The number of hydrogen-bond acceptors (Lipinski definition) is 2. The van der Waals surface area contributed by atoms with E-state index in [-0.39, 0.29) is 11.8 Å². The second-order valence-electron chi connectivity index (χ2n) is 7.72. The Morgan fingerprint density at radius 3 is 1.96 bits per heavy atom. The third-order valence-electron chi connectivity index (χ3n) is 4.82. The topological polar surface area (TPSA) is 46.3 Å². The lowest BCUT2D eigenvalue weighted by molar-refractivity contribution is -0.121. The number of aryl methyl sites for hydroxylation is 2. The summed E-state index contributed by atoms with van der Waals surface area (Å²) in [7, 11) is 0. The lowest BCUT2D eigenvalue weighted by Gasteiger charge is -2.28. The fourth-order valence-electron chi connectivity index (χ4n) is 3.07. The number of carbonyl (C=O) groups is 1. The SMILES string of the molecule is CC(C)CN(CCC(C)C(N)=O)c1ccc(CCc2ccc(Cl)cc2)cc1. The van der Waals surface area contributed by atoms with Crippen molar-refractivity contribution in [3.63, 3.8) is 0 Å². The van der Waals surface area contributed by atoms with Gasteiger partial charge in [-0.1, -0.05) is 56.6 Å². The Morgan fingerprint density at radius 2 is 1.48 bits per heavy atom. The lowest BCUT2D eigenvalue weighted by atomic mass is 10.0. The third-order valence-corrected chi connectivity index (χ3v) is 5.07. The highest BCUT2D eigenvalue weighted by Gasteiger charge is 2.13. The van der Waals surface area contributed by atoms with Crippen LogP contribution in [-0.2, 0) is 17.6 Å². The minimum atomic E-state index is -0.225. The fourth-order valence-corrected chi connectivity index (χ4v) is 3.20.